The van der Waals surface area contributed by atoms with E-state index in [9.17, 15) is 9.90 Å². The van der Waals surface area contributed by atoms with Crippen LogP contribution in [-0.2, 0) is 24.9 Å². The van der Waals surface area contributed by atoms with Crippen LogP contribution < -0.4 is 14.8 Å². The van der Waals surface area contributed by atoms with Gasteiger partial charge in [0.25, 0.3) is 0 Å². The van der Waals surface area contributed by atoms with Gasteiger partial charge in [0.1, 0.15) is 12.4 Å². The second-order valence-corrected chi connectivity index (χ2v) is 6.49. The van der Waals surface area contributed by atoms with Crippen LogP contribution in [0.5, 0.6) is 11.5 Å². The molecular weight excluding hydrogens is 336 g/mol. The lowest BCUT2D eigenvalue weighted by molar-refractivity contribution is -0.121. The quantitative estimate of drug-likeness (QED) is 0.762. The lowest BCUT2D eigenvalue weighted by atomic mass is 9.79. The molecule has 1 aliphatic rings. The summed E-state index contributed by atoms with van der Waals surface area (Å²) in [7, 11) is 5.01. The molecule has 0 bridgehead atoms. The number of benzene rings is 1. The van der Waals surface area contributed by atoms with Crippen molar-refractivity contribution in [3.05, 3.63) is 35.4 Å². The highest BCUT2D eigenvalue weighted by Gasteiger charge is 2.34. The summed E-state index contributed by atoms with van der Waals surface area (Å²) in [5.74, 6) is 2.92. The van der Waals surface area contributed by atoms with Crippen LogP contribution in [0.1, 0.15) is 36.0 Å². The van der Waals surface area contributed by atoms with Crippen molar-refractivity contribution in [1.82, 2.24) is 20.1 Å². The molecule has 1 aromatic carbocycles. The maximum atomic E-state index is 12.3. The number of aliphatic hydroxyl groups is 1. The van der Waals surface area contributed by atoms with E-state index in [2.05, 4.69) is 15.5 Å². The Labute approximate surface area is 152 Å². The molecule has 1 fully saturated rings. The molecule has 0 radical (unpaired) electrons. The number of carbonyl (C=O) groups excluding carboxylic acids is 1. The van der Waals surface area contributed by atoms with Gasteiger partial charge in [-0.25, -0.2) is 0 Å². The van der Waals surface area contributed by atoms with Gasteiger partial charge in [-0.05, 0) is 30.5 Å². The zero-order valence-electron chi connectivity index (χ0n) is 15.2. The first-order chi connectivity index (χ1) is 12.5. The van der Waals surface area contributed by atoms with E-state index in [1.54, 1.807) is 20.3 Å². The molecule has 1 amide bonds. The van der Waals surface area contributed by atoms with Gasteiger partial charge in [0.2, 0.25) is 5.91 Å². The number of nitrogens with one attached hydrogen (secondary N) is 1. The van der Waals surface area contributed by atoms with E-state index in [-0.39, 0.29) is 24.5 Å². The SMILES string of the molecule is COc1ccc(CC(=O)NC2CC(c3nnc(CO)n3C)C2)cc1OC. The van der Waals surface area contributed by atoms with Gasteiger partial charge < -0.3 is 24.5 Å². The van der Waals surface area contributed by atoms with Crippen LogP contribution in [0.3, 0.4) is 0 Å². The Morgan fingerprint density at radius 3 is 2.62 bits per heavy atom. The number of ether oxygens (including phenoxy) is 2. The third kappa shape index (κ3) is 3.65. The smallest absolute Gasteiger partial charge is 0.224 e. The molecule has 0 aliphatic heterocycles. The Bertz CT molecular complexity index is 783. The summed E-state index contributed by atoms with van der Waals surface area (Å²) in [6, 6.07) is 5.62. The standard InChI is InChI=1S/C18H24N4O4/c1-22-16(10-23)20-21-18(22)12-8-13(9-12)19-17(24)7-11-4-5-14(25-2)15(6-11)26-3/h4-6,12-13,23H,7-10H2,1-3H3,(H,19,24). The highest BCUT2D eigenvalue weighted by molar-refractivity contribution is 5.79. The Morgan fingerprint density at radius 1 is 1.27 bits per heavy atom. The van der Waals surface area contributed by atoms with Crippen LogP contribution >= 0.6 is 0 Å². The van der Waals surface area contributed by atoms with E-state index >= 15 is 0 Å². The van der Waals surface area contributed by atoms with E-state index in [0.717, 1.165) is 24.2 Å². The number of carbonyl (C=O) groups is 1. The predicted octanol–water partition coefficient (Wildman–Crippen LogP) is 0.929. The van der Waals surface area contributed by atoms with Crippen LogP contribution in [0.25, 0.3) is 0 Å². The first kappa shape index (κ1) is 18.2. The highest BCUT2D eigenvalue weighted by atomic mass is 16.5. The van der Waals surface area contributed by atoms with Crippen LogP contribution in [0.2, 0.25) is 0 Å². The molecule has 8 heteroatoms. The zero-order valence-corrected chi connectivity index (χ0v) is 15.2. The summed E-state index contributed by atoms with van der Waals surface area (Å²) in [4.78, 5) is 12.3. The van der Waals surface area contributed by atoms with Crippen molar-refractivity contribution in [2.75, 3.05) is 14.2 Å². The van der Waals surface area contributed by atoms with Crippen molar-refractivity contribution >= 4 is 5.91 Å². The number of aromatic nitrogens is 3. The van der Waals surface area contributed by atoms with Gasteiger partial charge in [-0.2, -0.15) is 0 Å². The number of amides is 1. The summed E-state index contributed by atoms with van der Waals surface area (Å²) in [5.41, 5.74) is 0.872. The van der Waals surface area contributed by atoms with Gasteiger partial charge in [0.05, 0.1) is 20.6 Å². The molecule has 2 aromatic rings. The second-order valence-electron chi connectivity index (χ2n) is 6.49. The molecule has 8 nitrogen and oxygen atoms in total. The highest BCUT2D eigenvalue weighted by Crippen LogP contribution is 2.36. The minimum atomic E-state index is -0.123. The second kappa shape index (κ2) is 7.74. The molecule has 0 saturated heterocycles. The fourth-order valence-electron chi connectivity index (χ4n) is 3.27. The largest absolute Gasteiger partial charge is 0.493 e. The average molecular weight is 360 g/mol. The summed E-state index contributed by atoms with van der Waals surface area (Å²) < 4.78 is 12.3. The third-order valence-electron chi connectivity index (χ3n) is 4.82. The molecule has 3 rings (SSSR count). The fraction of sp³-hybridized carbons (Fsp3) is 0.500. The number of rotatable bonds is 7. The fourth-order valence-corrected chi connectivity index (χ4v) is 3.27. The Morgan fingerprint density at radius 2 is 2.00 bits per heavy atom. The van der Waals surface area contributed by atoms with E-state index in [0.29, 0.717) is 23.7 Å². The Balaban J connectivity index is 1.52. The van der Waals surface area contributed by atoms with Crippen LogP contribution in [0, 0.1) is 0 Å². The van der Waals surface area contributed by atoms with Crippen molar-refractivity contribution < 1.29 is 19.4 Å². The number of methoxy groups -OCH3 is 2. The van der Waals surface area contributed by atoms with E-state index in [1.165, 1.54) is 0 Å². The first-order valence-corrected chi connectivity index (χ1v) is 8.55. The van der Waals surface area contributed by atoms with Crippen molar-refractivity contribution in [3.8, 4) is 11.5 Å². The summed E-state index contributed by atoms with van der Waals surface area (Å²) in [6.07, 6.45) is 1.95. The molecule has 2 N–H and O–H groups in total. The predicted molar refractivity (Wildman–Crippen MR) is 94.1 cm³/mol. The zero-order chi connectivity index (χ0) is 18.7. The molecule has 26 heavy (non-hydrogen) atoms. The molecule has 0 unspecified atom stereocenters. The maximum Gasteiger partial charge on any atom is 0.224 e. The lowest BCUT2D eigenvalue weighted by Gasteiger charge is -2.35. The van der Waals surface area contributed by atoms with E-state index in [4.69, 9.17) is 9.47 Å². The summed E-state index contributed by atoms with van der Waals surface area (Å²) in [5, 5.41) is 20.3. The minimum absolute atomic E-state index is 0.0188. The summed E-state index contributed by atoms with van der Waals surface area (Å²) in [6.45, 7) is -0.123. The Hall–Kier alpha value is -2.61. The minimum Gasteiger partial charge on any atom is -0.493 e. The van der Waals surface area contributed by atoms with Crippen molar-refractivity contribution in [3.63, 3.8) is 0 Å². The van der Waals surface area contributed by atoms with E-state index in [1.807, 2.05) is 23.7 Å². The topological polar surface area (TPSA) is 98.5 Å². The molecule has 1 saturated carbocycles. The molecule has 1 heterocycles. The Kier molecular flexibility index (Phi) is 5.41. The van der Waals surface area contributed by atoms with Crippen molar-refractivity contribution in [2.24, 2.45) is 7.05 Å². The van der Waals surface area contributed by atoms with Gasteiger partial charge in [-0.1, -0.05) is 6.07 Å². The molecule has 1 aliphatic carbocycles. The molecule has 140 valence electrons. The van der Waals surface area contributed by atoms with Crippen LogP contribution in [-0.4, -0.2) is 46.0 Å². The van der Waals surface area contributed by atoms with Gasteiger partial charge in [0, 0.05) is 19.0 Å². The molecular formula is C18H24N4O4. The van der Waals surface area contributed by atoms with Crippen LogP contribution in [0.4, 0.5) is 0 Å². The summed E-state index contributed by atoms with van der Waals surface area (Å²) >= 11 is 0. The van der Waals surface area contributed by atoms with Gasteiger partial charge in [-0.15, -0.1) is 10.2 Å². The number of nitrogens with zero attached hydrogens (tertiary/aromatic N) is 3. The molecule has 0 spiro atoms. The molecule has 1 aromatic heterocycles. The molecule has 0 atom stereocenters. The van der Waals surface area contributed by atoms with Gasteiger partial charge >= 0.3 is 0 Å². The lowest BCUT2D eigenvalue weighted by Crippen LogP contribution is -2.44. The number of hydrogen-bond acceptors (Lipinski definition) is 6. The third-order valence-corrected chi connectivity index (χ3v) is 4.82. The first-order valence-electron chi connectivity index (χ1n) is 8.55. The monoisotopic (exact) mass is 360 g/mol. The number of aliphatic hydroxyl groups excluding tert-OH is 1. The average Bonchev–Trinajstić information content (AvgIpc) is 2.97. The van der Waals surface area contributed by atoms with Crippen molar-refractivity contribution in [2.45, 2.75) is 37.8 Å². The van der Waals surface area contributed by atoms with Gasteiger partial charge in [0.15, 0.2) is 17.3 Å². The van der Waals surface area contributed by atoms with Crippen molar-refractivity contribution in [1.29, 1.82) is 0 Å². The van der Waals surface area contributed by atoms with Gasteiger partial charge in [-0.3, -0.25) is 4.79 Å². The maximum absolute atomic E-state index is 12.3. The van der Waals surface area contributed by atoms with E-state index < -0.39 is 0 Å². The van der Waals surface area contributed by atoms with Crippen LogP contribution in [0.15, 0.2) is 18.2 Å². The normalized spacial score (nSPS) is 18.9. The number of hydrogen-bond donors (Lipinski definition) is 2.